The van der Waals surface area contributed by atoms with E-state index in [0.717, 1.165) is 0 Å². The number of methoxy groups -OCH3 is 1. The molecule has 0 aromatic heterocycles. The molecular weight excluding hydrogens is 376 g/mol. The third-order valence-electron chi connectivity index (χ3n) is 3.82. The molecule has 2 N–H and O–H groups in total. The van der Waals surface area contributed by atoms with Crippen LogP contribution in [-0.4, -0.2) is 38.7 Å². The summed E-state index contributed by atoms with van der Waals surface area (Å²) in [6, 6.07) is 9.69. The number of hydrazine groups is 1. The first-order chi connectivity index (χ1) is 14.0. The second kappa shape index (κ2) is 10.8. The lowest BCUT2D eigenvalue weighted by Gasteiger charge is -2.14. The molecule has 0 bridgehead atoms. The zero-order valence-corrected chi connectivity index (χ0v) is 17.0. The van der Waals surface area contributed by atoms with Gasteiger partial charge in [-0.15, -0.1) is 0 Å². The topological polar surface area (TPSA) is 95.1 Å². The molecule has 0 heterocycles. The fraction of sp³-hybridized carbons (Fsp3) is 0.333. The van der Waals surface area contributed by atoms with Crippen LogP contribution in [0.4, 0.5) is 0 Å². The zero-order valence-electron chi connectivity index (χ0n) is 17.0. The smallest absolute Gasteiger partial charge is 0.273 e. The second-order valence-corrected chi connectivity index (χ2v) is 5.73. The van der Waals surface area contributed by atoms with Gasteiger partial charge < -0.3 is 18.9 Å². The van der Waals surface area contributed by atoms with Gasteiger partial charge in [-0.1, -0.05) is 0 Å². The number of benzene rings is 2. The van der Waals surface area contributed by atoms with Gasteiger partial charge in [-0.05, 0) is 57.2 Å². The molecule has 0 fully saturated rings. The van der Waals surface area contributed by atoms with Gasteiger partial charge in [0.05, 0.1) is 32.5 Å². The molecule has 0 saturated carbocycles. The van der Waals surface area contributed by atoms with Crippen LogP contribution in [0.5, 0.6) is 23.0 Å². The summed E-state index contributed by atoms with van der Waals surface area (Å²) in [5.41, 5.74) is 5.34. The molecule has 2 aromatic carbocycles. The van der Waals surface area contributed by atoms with E-state index < -0.39 is 11.8 Å². The number of carbonyl (C=O) groups is 2. The third-order valence-corrected chi connectivity index (χ3v) is 3.82. The number of rotatable bonds is 9. The Morgan fingerprint density at radius 1 is 0.759 bits per heavy atom. The molecule has 2 aromatic rings. The Labute approximate surface area is 170 Å². The molecule has 2 rings (SSSR count). The molecule has 2 amide bonds. The van der Waals surface area contributed by atoms with E-state index in [-0.39, 0.29) is 5.56 Å². The first-order valence-electron chi connectivity index (χ1n) is 9.35. The Bertz CT molecular complexity index is 853. The molecule has 0 atom stereocenters. The van der Waals surface area contributed by atoms with Crippen LogP contribution in [0, 0.1) is 0 Å². The fourth-order valence-corrected chi connectivity index (χ4v) is 2.56. The van der Waals surface area contributed by atoms with E-state index >= 15 is 0 Å². The highest BCUT2D eigenvalue weighted by molar-refractivity contribution is 6.01. The normalized spacial score (nSPS) is 10.1. The maximum absolute atomic E-state index is 12.6. The van der Waals surface area contributed by atoms with Crippen molar-refractivity contribution in [3.8, 4) is 23.0 Å². The predicted octanol–water partition coefficient (Wildman–Crippen LogP) is 2.97. The number of hydrogen-bond acceptors (Lipinski definition) is 6. The van der Waals surface area contributed by atoms with E-state index in [9.17, 15) is 9.59 Å². The van der Waals surface area contributed by atoms with E-state index in [1.807, 2.05) is 20.8 Å². The maximum atomic E-state index is 12.6. The summed E-state index contributed by atoms with van der Waals surface area (Å²) in [6.07, 6.45) is 0. The van der Waals surface area contributed by atoms with Crippen LogP contribution in [0.2, 0.25) is 0 Å². The lowest BCUT2D eigenvalue weighted by Crippen LogP contribution is -2.41. The van der Waals surface area contributed by atoms with Gasteiger partial charge in [-0.2, -0.15) is 0 Å². The molecule has 0 aliphatic heterocycles. The van der Waals surface area contributed by atoms with Crippen molar-refractivity contribution < 1.29 is 28.5 Å². The quantitative estimate of drug-likeness (QED) is 0.626. The monoisotopic (exact) mass is 402 g/mol. The highest BCUT2D eigenvalue weighted by Gasteiger charge is 2.16. The van der Waals surface area contributed by atoms with Crippen LogP contribution in [0.1, 0.15) is 41.5 Å². The first-order valence-corrected chi connectivity index (χ1v) is 9.35. The average molecular weight is 402 g/mol. The summed E-state index contributed by atoms with van der Waals surface area (Å²) in [5.74, 6) is 0.854. The third kappa shape index (κ3) is 5.78. The first kappa shape index (κ1) is 21.9. The molecule has 8 nitrogen and oxygen atoms in total. The molecule has 0 aliphatic rings. The van der Waals surface area contributed by atoms with Crippen molar-refractivity contribution in [2.45, 2.75) is 20.8 Å². The van der Waals surface area contributed by atoms with Crippen LogP contribution in [-0.2, 0) is 0 Å². The largest absolute Gasteiger partial charge is 0.494 e. The van der Waals surface area contributed by atoms with Gasteiger partial charge in [0, 0.05) is 5.56 Å². The summed E-state index contributed by atoms with van der Waals surface area (Å²) in [7, 11) is 1.49. The molecule has 156 valence electrons. The minimum absolute atomic E-state index is 0.252. The second-order valence-electron chi connectivity index (χ2n) is 5.73. The van der Waals surface area contributed by atoms with Crippen molar-refractivity contribution in [2.75, 3.05) is 26.9 Å². The summed E-state index contributed by atoms with van der Waals surface area (Å²) >= 11 is 0. The summed E-state index contributed by atoms with van der Waals surface area (Å²) in [4.78, 5) is 25.0. The highest BCUT2D eigenvalue weighted by Crippen LogP contribution is 2.28. The Kier molecular flexibility index (Phi) is 8.14. The van der Waals surface area contributed by atoms with Crippen molar-refractivity contribution in [3.05, 3.63) is 47.5 Å². The van der Waals surface area contributed by atoms with Crippen LogP contribution >= 0.6 is 0 Å². The minimum atomic E-state index is -0.527. The molecule has 8 heteroatoms. The highest BCUT2D eigenvalue weighted by atomic mass is 16.5. The molecule has 0 aliphatic carbocycles. The number of hydrogen-bond donors (Lipinski definition) is 2. The van der Waals surface area contributed by atoms with Crippen molar-refractivity contribution in [1.82, 2.24) is 10.9 Å². The average Bonchev–Trinajstić information content (AvgIpc) is 2.73. The van der Waals surface area contributed by atoms with Crippen molar-refractivity contribution in [2.24, 2.45) is 0 Å². The zero-order chi connectivity index (χ0) is 21.2. The van der Waals surface area contributed by atoms with E-state index in [2.05, 4.69) is 10.9 Å². The number of ether oxygens (including phenoxy) is 4. The number of carbonyl (C=O) groups excluding carboxylic acids is 2. The lowest BCUT2D eigenvalue weighted by molar-refractivity contribution is 0.0844. The predicted molar refractivity (Wildman–Crippen MR) is 108 cm³/mol. The van der Waals surface area contributed by atoms with Crippen molar-refractivity contribution >= 4 is 11.8 Å². The molecule has 0 saturated heterocycles. The fourth-order valence-electron chi connectivity index (χ4n) is 2.56. The van der Waals surface area contributed by atoms with E-state index in [0.29, 0.717) is 48.4 Å². The maximum Gasteiger partial charge on any atom is 0.273 e. The van der Waals surface area contributed by atoms with Gasteiger partial charge in [0.1, 0.15) is 11.5 Å². The summed E-state index contributed by atoms with van der Waals surface area (Å²) in [5, 5.41) is 0. The summed E-state index contributed by atoms with van der Waals surface area (Å²) in [6.45, 7) is 6.85. The number of amides is 2. The van der Waals surface area contributed by atoms with E-state index in [4.69, 9.17) is 18.9 Å². The molecule has 29 heavy (non-hydrogen) atoms. The van der Waals surface area contributed by atoms with Gasteiger partial charge in [-0.25, -0.2) is 0 Å². The van der Waals surface area contributed by atoms with Crippen molar-refractivity contribution in [1.29, 1.82) is 0 Å². The van der Waals surface area contributed by atoms with Gasteiger partial charge in [0.15, 0.2) is 11.5 Å². The standard InChI is InChI=1S/C21H26N2O6/c1-5-27-15-9-11-17(28-6-2)16(13-15)21(25)23-22-20(24)14-8-10-18(29-7-3)19(12-14)26-4/h8-13H,5-7H2,1-4H3,(H,22,24)(H,23,25). The van der Waals surface area contributed by atoms with Crippen LogP contribution in [0.3, 0.4) is 0 Å². The van der Waals surface area contributed by atoms with E-state index in [1.165, 1.54) is 13.2 Å². The Balaban J connectivity index is 2.12. The van der Waals surface area contributed by atoms with Gasteiger partial charge in [0.25, 0.3) is 11.8 Å². The Hall–Kier alpha value is -3.42. The van der Waals surface area contributed by atoms with Crippen LogP contribution < -0.4 is 29.8 Å². The van der Waals surface area contributed by atoms with Gasteiger partial charge in [0.2, 0.25) is 0 Å². The molecule has 0 spiro atoms. The van der Waals surface area contributed by atoms with Crippen molar-refractivity contribution in [3.63, 3.8) is 0 Å². The lowest BCUT2D eigenvalue weighted by atomic mass is 10.1. The number of nitrogens with one attached hydrogen (secondary N) is 2. The van der Waals surface area contributed by atoms with Gasteiger partial charge in [-0.3, -0.25) is 20.4 Å². The molecule has 0 radical (unpaired) electrons. The molecule has 0 unspecified atom stereocenters. The van der Waals surface area contributed by atoms with Gasteiger partial charge >= 0.3 is 0 Å². The van der Waals surface area contributed by atoms with Crippen LogP contribution in [0.15, 0.2) is 36.4 Å². The molecular formula is C21H26N2O6. The SMILES string of the molecule is CCOc1ccc(OCC)c(C(=O)NNC(=O)c2ccc(OCC)c(OC)c2)c1. The minimum Gasteiger partial charge on any atom is -0.494 e. The Morgan fingerprint density at radius 3 is 2.03 bits per heavy atom. The van der Waals surface area contributed by atoms with Crippen LogP contribution in [0.25, 0.3) is 0 Å². The summed E-state index contributed by atoms with van der Waals surface area (Å²) < 4.78 is 21.6. The Morgan fingerprint density at radius 2 is 1.38 bits per heavy atom. The van der Waals surface area contributed by atoms with E-state index in [1.54, 1.807) is 30.3 Å².